The fourth-order valence-corrected chi connectivity index (χ4v) is 2.82. The van der Waals surface area contributed by atoms with E-state index in [-0.39, 0.29) is 0 Å². The van der Waals surface area contributed by atoms with Gasteiger partial charge in [0.2, 0.25) is 0 Å². The number of nitriles is 2. The second-order valence-electron chi connectivity index (χ2n) is 5.39. The van der Waals surface area contributed by atoms with Gasteiger partial charge in [0.15, 0.2) is 0 Å². The summed E-state index contributed by atoms with van der Waals surface area (Å²) in [5, 5.41) is 18.9. The molecule has 1 aliphatic heterocycles. The minimum absolute atomic E-state index is 0.393. The number of rotatable bonds is 2. The Balaban J connectivity index is 2.14. The van der Waals surface area contributed by atoms with Crippen molar-refractivity contribution in [3.05, 3.63) is 47.5 Å². The first-order chi connectivity index (χ1) is 10.8. The van der Waals surface area contributed by atoms with Gasteiger partial charge < -0.3 is 4.90 Å². The third-order valence-corrected chi connectivity index (χ3v) is 3.96. The summed E-state index contributed by atoms with van der Waals surface area (Å²) in [6.07, 6.45) is 3.41. The van der Waals surface area contributed by atoms with Gasteiger partial charge in [0.1, 0.15) is 23.5 Å². The highest BCUT2D eigenvalue weighted by Crippen LogP contribution is 2.28. The van der Waals surface area contributed by atoms with E-state index < -0.39 is 0 Å². The van der Waals surface area contributed by atoms with Gasteiger partial charge in [0, 0.05) is 18.7 Å². The molecule has 3 rings (SSSR count). The molecule has 0 spiro atoms. The molecule has 0 saturated carbocycles. The lowest BCUT2D eigenvalue weighted by Gasteiger charge is -2.29. The van der Waals surface area contributed by atoms with Crippen LogP contribution in [0, 0.1) is 22.7 Å². The van der Waals surface area contributed by atoms with Gasteiger partial charge in [0.05, 0.1) is 11.3 Å². The van der Waals surface area contributed by atoms with Crippen molar-refractivity contribution >= 4 is 5.82 Å². The van der Waals surface area contributed by atoms with E-state index in [1.807, 2.05) is 30.3 Å². The molecule has 4 heteroatoms. The highest BCUT2D eigenvalue weighted by molar-refractivity contribution is 5.70. The van der Waals surface area contributed by atoms with Gasteiger partial charge in [-0.2, -0.15) is 10.5 Å². The molecule has 0 unspecified atom stereocenters. The quantitative estimate of drug-likeness (QED) is 0.848. The van der Waals surface area contributed by atoms with Crippen LogP contribution >= 0.6 is 0 Å². The van der Waals surface area contributed by atoms with Crippen molar-refractivity contribution < 1.29 is 0 Å². The molecule has 1 saturated heterocycles. The molecule has 1 fully saturated rings. The standard InChI is InChI=1S/C18H16N4/c19-12-15-11-17(14-7-3-1-4-8-14)21-18(16(15)13-20)22-9-5-2-6-10-22/h1,3-4,7-8,11H,2,5-6,9-10H2. The maximum atomic E-state index is 9.45. The van der Waals surface area contributed by atoms with E-state index in [0.29, 0.717) is 16.9 Å². The van der Waals surface area contributed by atoms with E-state index in [1.54, 1.807) is 6.07 Å². The average Bonchev–Trinajstić information content (AvgIpc) is 2.62. The van der Waals surface area contributed by atoms with Gasteiger partial charge in [-0.25, -0.2) is 4.98 Å². The van der Waals surface area contributed by atoms with Gasteiger partial charge in [-0.05, 0) is 25.3 Å². The van der Waals surface area contributed by atoms with Crippen LogP contribution in [-0.2, 0) is 0 Å². The van der Waals surface area contributed by atoms with Crippen molar-refractivity contribution in [3.8, 4) is 23.4 Å². The van der Waals surface area contributed by atoms with Crippen LogP contribution in [0.3, 0.4) is 0 Å². The second kappa shape index (κ2) is 6.28. The van der Waals surface area contributed by atoms with Gasteiger partial charge in [-0.1, -0.05) is 30.3 Å². The lowest BCUT2D eigenvalue weighted by atomic mass is 10.0. The molecule has 1 aliphatic rings. The van der Waals surface area contributed by atoms with Crippen molar-refractivity contribution in [2.24, 2.45) is 0 Å². The number of piperidine rings is 1. The highest BCUT2D eigenvalue weighted by atomic mass is 15.2. The summed E-state index contributed by atoms with van der Waals surface area (Å²) in [5.41, 5.74) is 2.50. The number of anilines is 1. The second-order valence-corrected chi connectivity index (χ2v) is 5.39. The topological polar surface area (TPSA) is 63.7 Å². The van der Waals surface area contributed by atoms with Gasteiger partial charge in [-0.15, -0.1) is 0 Å². The van der Waals surface area contributed by atoms with Crippen LogP contribution in [0.4, 0.5) is 5.82 Å². The minimum Gasteiger partial charge on any atom is -0.355 e. The molecule has 2 aromatic rings. The number of hydrogen-bond acceptors (Lipinski definition) is 4. The molecule has 0 atom stereocenters. The summed E-state index contributed by atoms with van der Waals surface area (Å²) in [4.78, 5) is 6.83. The van der Waals surface area contributed by atoms with Crippen LogP contribution < -0.4 is 4.90 Å². The van der Waals surface area contributed by atoms with Gasteiger partial charge >= 0.3 is 0 Å². The fraction of sp³-hybridized carbons (Fsp3) is 0.278. The van der Waals surface area contributed by atoms with Crippen LogP contribution in [0.1, 0.15) is 30.4 Å². The van der Waals surface area contributed by atoms with E-state index in [0.717, 1.165) is 37.2 Å². The Hall–Kier alpha value is -2.85. The summed E-state index contributed by atoms with van der Waals surface area (Å²) in [5.74, 6) is 0.653. The number of aromatic nitrogens is 1. The Bertz CT molecular complexity index is 747. The SMILES string of the molecule is N#Cc1cc(-c2ccccc2)nc(N2CCCCC2)c1C#N. The predicted molar refractivity (Wildman–Crippen MR) is 85.2 cm³/mol. The molecule has 1 aromatic heterocycles. The zero-order chi connectivity index (χ0) is 15.4. The zero-order valence-corrected chi connectivity index (χ0v) is 12.3. The van der Waals surface area contributed by atoms with Crippen molar-refractivity contribution in [2.75, 3.05) is 18.0 Å². The molecular formula is C18H16N4. The van der Waals surface area contributed by atoms with Crippen LogP contribution in [0.5, 0.6) is 0 Å². The monoisotopic (exact) mass is 288 g/mol. The van der Waals surface area contributed by atoms with E-state index in [2.05, 4.69) is 17.0 Å². The first kappa shape index (κ1) is 14.1. The summed E-state index contributed by atoms with van der Waals surface area (Å²) >= 11 is 0. The third-order valence-electron chi connectivity index (χ3n) is 3.96. The zero-order valence-electron chi connectivity index (χ0n) is 12.3. The number of hydrogen-bond donors (Lipinski definition) is 0. The molecule has 108 valence electrons. The Morgan fingerprint density at radius 2 is 1.68 bits per heavy atom. The molecule has 4 nitrogen and oxygen atoms in total. The molecule has 22 heavy (non-hydrogen) atoms. The van der Waals surface area contributed by atoms with Crippen LogP contribution in [0.15, 0.2) is 36.4 Å². The van der Waals surface area contributed by atoms with Crippen molar-refractivity contribution in [1.82, 2.24) is 4.98 Å². The smallest absolute Gasteiger partial charge is 0.148 e. The number of benzene rings is 1. The Kier molecular flexibility index (Phi) is 4.03. The Morgan fingerprint density at radius 1 is 0.955 bits per heavy atom. The van der Waals surface area contributed by atoms with E-state index in [4.69, 9.17) is 4.98 Å². The first-order valence-corrected chi connectivity index (χ1v) is 7.49. The Morgan fingerprint density at radius 3 is 2.32 bits per heavy atom. The minimum atomic E-state index is 0.393. The van der Waals surface area contributed by atoms with E-state index >= 15 is 0 Å². The van der Waals surface area contributed by atoms with Crippen LogP contribution in [0.2, 0.25) is 0 Å². The maximum absolute atomic E-state index is 9.45. The predicted octanol–water partition coefficient (Wildman–Crippen LogP) is 3.48. The van der Waals surface area contributed by atoms with Crippen molar-refractivity contribution in [1.29, 1.82) is 10.5 Å². The fourth-order valence-electron chi connectivity index (χ4n) is 2.82. The molecular weight excluding hydrogens is 272 g/mol. The number of nitrogens with zero attached hydrogens (tertiary/aromatic N) is 4. The molecule has 0 aliphatic carbocycles. The molecule has 2 heterocycles. The molecule has 0 N–H and O–H groups in total. The summed E-state index contributed by atoms with van der Waals surface area (Å²) in [7, 11) is 0. The molecule has 1 aromatic carbocycles. The Labute approximate surface area is 130 Å². The van der Waals surface area contributed by atoms with Crippen LogP contribution in [0.25, 0.3) is 11.3 Å². The summed E-state index contributed by atoms with van der Waals surface area (Å²) < 4.78 is 0. The molecule has 0 amide bonds. The van der Waals surface area contributed by atoms with E-state index in [9.17, 15) is 10.5 Å². The lowest BCUT2D eigenvalue weighted by molar-refractivity contribution is 0.573. The first-order valence-electron chi connectivity index (χ1n) is 7.49. The largest absolute Gasteiger partial charge is 0.355 e. The van der Waals surface area contributed by atoms with E-state index in [1.165, 1.54) is 6.42 Å². The average molecular weight is 288 g/mol. The lowest BCUT2D eigenvalue weighted by Crippen LogP contribution is -2.31. The van der Waals surface area contributed by atoms with Gasteiger partial charge in [0.25, 0.3) is 0 Å². The van der Waals surface area contributed by atoms with Crippen molar-refractivity contribution in [3.63, 3.8) is 0 Å². The molecule has 0 bridgehead atoms. The highest BCUT2D eigenvalue weighted by Gasteiger charge is 2.20. The summed E-state index contributed by atoms with van der Waals surface area (Å²) in [6.45, 7) is 1.79. The molecule has 0 radical (unpaired) electrons. The summed E-state index contributed by atoms with van der Waals surface area (Å²) in [6, 6.07) is 15.8. The van der Waals surface area contributed by atoms with Crippen LogP contribution in [-0.4, -0.2) is 18.1 Å². The van der Waals surface area contributed by atoms with Crippen molar-refractivity contribution in [2.45, 2.75) is 19.3 Å². The third kappa shape index (κ3) is 2.64. The maximum Gasteiger partial charge on any atom is 0.148 e. The number of pyridine rings is 1. The van der Waals surface area contributed by atoms with Gasteiger partial charge in [-0.3, -0.25) is 0 Å². The normalized spacial score (nSPS) is 14.2.